The van der Waals surface area contributed by atoms with Crippen LogP contribution in [0.2, 0.25) is 0 Å². The van der Waals surface area contributed by atoms with Crippen LogP contribution in [-0.4, -0.2) is 9.97 Å². The molecular weight excluding hydrogens is 260 g/mol. The highest BCUT2D eigenvalue weighted by atomic mass is 32.1. The average molecular weight is 280 g/mol. The van der Waals surface area contributed by atoms with Gasteiger partial charge in [0.25, 0.3) is 0 Å². The fourth-order valence-electron chi connectivity index (χ4n) is 1.43. The van der Waals surface area contributed by atoms with Crippen LogP contribution in [0.5, 0.6) is 0 Å². The highest BCUT2D eigenvalue weighted by Gasteiger charge is 2.21. The Labute approximate surface area is 117 Å². The Morgan fingerprint density at radius 1 is 0.722 bits per heavy atom. The lowest BCUT2D eigenvalue weighted by Gasteiger charge is -2.14. The minimum absolute atomic E-state index is 0.110. The summed E-state index contributed by atoms with van der Waals surface area (Å²) in [4.78, 5) is 9.43. The lowest BCUT2D eigenvalue weighted by Crippen LogP contribution is -2.11. The number of thiazole rings is 2. The fourth-order valence-corrected chi connectivity index (χ4v) is 3.58. The van der Waals surface area contributed by atoms with E-state index in [1.54, 1.807) is 22.7 Å². The van der Waals surface area contributed by atoms with Crippen molar-refractivity contribution in [2.24, 2.45) is 0 Å². The average Bonchev–Trinajstić information content (AvgIpc) is 2.84. The number of hydrogen-bond donors (Lipinski definition) is 0. The molecule has 0 aliphatic heterocycles. The first-order valence-electron chi connectivity index (χ1n) is 6.10. The van der Waals surface area contributed by atoms with Gasteiger partial charge in [0, 0.05) is 21.6 Å². The minimum atomic E-state index is 0.110. The Morgan fingerprint density at radius 3 is 1.28 bits per heavy atom. The molecule has 2 heterocycles. The molecule has 2 rings (SSSR count). The quantitative estimate of drug-likeness (QED) is 0.745. The zero-order chi connectivity index (χ0) is 13.6. The van der Waals surface area contributed by atoms with Crippen molar-refractivity contribution in [2.45, 2.75) is 52.4 Å². The molecule has 98 valence electrons. The lowest BCUT2D eigenvalue weighted by molar-refractivity contribution is 0.571. The number of nitrogens with zero attached hydrogens (tertiary/aromatic N) is 2. The SMILES string of the molecule is CC(C)(C)c1csc(-c2nc(C(C)(C)C)cs2)n1. The van der Waals surface area contributed by atoms with Crippen molar-refractivity contribution in [3.05, 3.63) is 22.1 Å². The van der Waals surface area contributed by atoms with Gasteiger partial charge in [-0.05, 0) is 0 Å². The highest BCUT2D eigenvalue weighted by molar-refractivity contribution is 7.19. The molecule has 0 fully saturated rings. The van der Waals surface area contributed by atoms with Gasteiger partial charge in [-0.3, -0.25) is 0 Å². The van der Waals surface area contributed by atoms with Crippen LogP contribution in [0.15, 0.2) is 10.8 Å². The van der Waals surface area contributed by atoms with Crippen LogP contribution in [0.4, 0.5) is 0 Å². The van der Waals surface area contributed by atoms with E-state index in [1.807, 2.05) is 0 Å². The summed E-state index contributed by atoms with van der Waals surface area (Å²) in [5.74, 6) is 0. The van der Waals surface area contributed by atoms with Gasteiger partial charge in [-0.25, -0.2) is 9.97 Å². The Morgan fingerprint density at radius 2 is 1.06 bits per heavy atom. The summed E-state index contributed by atoms with van der Waals surface area (Å²) in [5.41, 5.74) is 2.52. The molecule has 4 heteroatoms. The van der Waals surface area contributed by atoms with E-state index in [-0.39, 0.29) is 10.8 Å². The fraction of sp³-hybridized carbons (Fsp3) is 0.571. The molecule has 0 atom stereocenters. The van der Waals surface area contributed by atoms with Crippen molar-refractivity contribution < 1.29 is 0 Å². The Balaban J connectivity index is 2.33. The predicted octanol–water partition coefficient (Wildman–Crippen LogP) is 4.86. The van der Waals surface area contributed by atoms with Crippen molar-refractivity contribution in [3.8, 4) is 10.0 Å². The topological polar surface area (TPSA) is 25.8 Å². The van der Waals surface area contributed by atoms with Crippen LogP contribution in [-0.2, 0) is 10.8 Å². The molecule has 0 amide bonds. The Bertz CT molecular complexity index is 488. The second-order valence-electron chi connectivity index (χ2n) is 6.58. The van der Waals surface area contributed by atoms with E-state index in [4.69, 9.17) is 9.97 Å². The summed E-state index contributed by atoms with van der Waals surface area (Å²) in [6, 6.07) is 0. The van der Waals surface area contributed by atoms with Crippen molar-refractivity contribution in [3.63, 3.8) is 0 Å². The van der Waals surface area contributed by atoms with Crippen LogP contribution in [0.1, 0.15) is 52.9 Å². The van der Waals surface area contributed by atoms with Crippen LogP contribution in [0, 0.1) is 0 Å². The second kappa shape index (κ2) is 4.42. The third-order valence-electron chi connectivity index (χ3n) is 2.73. The van der Waals surface area contributed by atoms with Gasteiger partial charge >= 0.3 is 0 Å². The first-order chi connectivity index (χ1) is 8.18. The van der Waals surface area contributed by atoms with Crippen molar-refractivity contribution in [1.29, 1.82) is 0 Å². The lowest BCUT2D eigenvalue weighted by atomic mass is 9.93. The van der Waals surface area contributed by atoms with Gasteiger partial charge in [0.2, 0.25) is 0 Å². The predicted molar refractivity (Wildman–Crippen MR) is 80.6 cm³/mol. The molecule has 0 aromatic carbocycles. The van der Waals surface area contributed by atoms with E-state index in [1.165, 1.54) is 0 Å². The summed E-state index contributed by atoms with van der Waals surface area (Å²) in [7, 11) is 0. The van der Waals surface area contributed by atoms with E-state index in [0.29, 0.717) is 0 Å². The van der Waals surface area contributed by atoms with Crippen LogP contribution in [0.3, 0.4) is 0 Å². The zero-order valence-corrected chi connectivity index (χ0v) is 13.5. The molecular formula is C14H20N2S2. The maximum atomic E-state index is 4.71. The Hall–Kier alpha value is -0.740. The van der Waals surface area contributed by atoms with Gasteiger partial charge < -0.3 is 0 Å². The molecule has 0 saturated heterocycles. The van der Waals surface area contributed by atoms with Crippen molar-refractivity contribution >= 4 is 22.7 Å². The van der Waals surface area contributed by atoms with Crippen LogP contribution in [0.25, 0.3) is 10.0 Å². The maximum absolute atomic E-state index is 4.71. The number of aromatic nitrogens is 2. The van der Waals surface area contributed by atoms with Gasteiger partial charge in [0.05, 0.1) is 11.4 Å². The Kier molecular flexibility index (Phi) is 3.36. The van der Waals surface area contributed by atoms with Gasteiger partial charge in [0.1, 0.15) is 0 Å². The second-order valence-corrected chi connectivity index (χ2v) is 8.29. The van der Waals surface area contributed by atoms with E-state index in [9.17, 15) is 0 Å². The third kappa shape index (κ3) is 2.81. The largest absolute Gasteiger partial charge is 0.238 e. The van der Waals surface area contributed by atoms with E-state index >= 15 is 0 Å². The summed E-state index contributed by atoms with van der Waals surface area (Å²) in [6.07, 6.45) is 0. The monoisotopic (exact) mass is 280 g/mol. The molecule has 0 spiro atoms. The summed E-state index contributed by atoms with van der Waals surface area (Å²) >= 11 is 3.38. The molecule has 0 unspecified atom stereocenters. The first kappa shape index (κ1) is 13.7. The minimum Gasteiger partial charge on any atom is -0.238 e. The van der Waals surface area contributed by atoms with Crippen LogP contribution >= 0.6 is 22.7 Å². The maximum Gasteiger partial charge on any atom is 0.152 e. The molecule has 0 radical (unpaired) electrons. The molecule has 2 aromatic rings. The smallest absolute Gasteiger partial charge is 0.152 e. The molecule has 18 heavy (non-hydrogen) atoms. The van der Waals surface area contributed by atoms with Gasteiger partial charge in [-0.2, -0.15) is 0 Å². The molecule has 0 N–H and O–H groups in total. The van der Waals surface area contributed by atoms with Gasteiger partial charge in [-0.1, -0.05) is 41.5 Å². The molecule has 0 aliphatic rings. The molecule has 0 saturated carbocycles. The first-order valence-corrected chi connectivity index (χ1v) is 7.86. The van der Waals surface area contributed by atoms with Crippen molar-refractivity contribution in [1.82, 2.24) is 9.97 Å². The summed E-state index contributed by atoms with van der Waals surface area (Å²) in [5, 5.41) is 6.38. The molecule has 0 aliphatic carbocycles. The van der Waals surface area contributed by atoms with Gasteiger partial charge in [0.15, 0.2) is 10.0 Å². The summed E-state index contributed by atoms with van der Waals surface area (Å²) in [6.45, 7) is 13.1. The van der Waals surface area contributed by atoms with E-state index in [2.05, 4.69) is 52.3 Å². The summed E-state index contributed by atoms with van der Waals surface area (Å²) < 4.78 is 0. The number of hydrogen-bond acceptors (Lipinski definition) is 4. The molecule has 2 nitrogen and oxygen atoms in total. The third-order valence-corrected chi connectivity index (χ3v) is 4.56. The van der Waals surface area contributed by atoms with Gasteiger partial charge in [-0.15, -0.1) is 22.7 Å². The van der Waals surface area contributed by atoms with Crippen molar-refractivity contribution in [2.75, 3.05) is 0 Å². The standard InChI is InChI=1S/C14H20N2S2/c1-13(2,3)9-7-17-11(15-9)12-16-10(8-18-12)14(4,5)6/h7-8H,1-6H3. The van der Waals surface area contributed by atoms with E-state index in [0.717, 1.165) is 21.4 Å². The number of rotatable bonds is 1. The normalized spacial score (nSPS) is 13.0. The van der Waals surface area contributed by atoms with Crippen LogP contribution < -0.4 is 0 Å². The van der Waals surface area contributed by atoms with E-state index < -0.39 is 0 Å². The highest BCUT2D eigenvalue weighted by Crippen LogP contribution is 2.33. The molecule has 0 bridgehead atoms. The molecule has 2 aromatic heterocycles. The zero-order valence-electron chi connectivity index (χ0n) is 11.9.